The van der Waals surface area contributed by atoms with Crippen molar-refractivity contribution in [1.82, 2.24) is 0 Å². The molecule has 1 N–H and O–H groups in total. The van der Waals surface area contributed by atoms with Crippen LogP contribution in [0.25, 0.3) is 0 Å². The molecule has 1 heterocycles. The van der Waals surface area contributed by atoms with Crippen molar-refractivity contribution in [2.24, 2.45) is 0 Å². The van der Waals surface area contributed by atoms with Gasteiger partial charge in [0.1, 0.15) is 0 Å². The molecular weight excluding hydrogens is 260 g/mol. The first-order chi connectivity index (χ1) is 9.20. The number of hydrogen-bond donors (Lipinski definition) is 1. The fraction of sp³-hybridized carbons (Fsp3) is 0.0667. The van der Waals surface area contributed by atoms with Crippen LogP contribution in [0.3, 0.4) is 0 Å². The Morgan fingerprint density at radius 1 is 1.05 bits per heavy atom. The zero-order valence-corrected chi connectivity index (χ0v) is 10.6. The van der Waals surface area contributed by atoms with E-state index in [0.717, 1.165) is 0 Å². The van der Waals surface area contributed by atoms with E-state index in [9.17, 15) is 10.1 Å². The summed E-state index contributed by atoms with van der Waals surface area (Å²) in [5.74, 6) is -0.357. The monoisotopic (exact) mass is 268 g/mol. The highest BCUT2D eigenvalue weighted by molar-refractivity contribution is 6.32. The maximum Gasteiger partial charge on any atom is 0.254 e. The van der Waals surface area contributed by atoms with Crippen LogP contribution in [0, 0.1) is 11.3 Å². The summed E-state index contributed by atoms with van der Waals surface area (Å²) >= 11 is 6.17. The third kappa shape index (κ3) is 1.47. The van der Waals surface area contributed by atoms with Gasteiger partial charge in [-0.3, -0.25) is 4.79 Å². The lowest BCUT2D eigenvalue weighted by atomic mass is 9.77. The SMILES string of the molecule is N#C[C@@]1(c2ccccc2Cl)C(=O)Nc2ccccc21. The number of nitriles is 1. The number of halogens is 1. The van der Waals surface area contributed by atoms with Crippen molar-refractivity contribution in [3.05, 3.63) is 64.7 Å². The van der Waals surface area contributed by atoms with E-state index in [2.05, 4.69) is 11.4 Å². The molecule has 0 aliphatic carbocycles. The normalized spacial score (nSPS) is 20.5. The van der Waals surface area contributed by atoms with Crippen LogP contribution in [-0.4, -0.2) is 5.91 Å². The van der Waals surface area contributed by atoms with E-state index in [0.29, 0.717) is 21.8 Å². The van der Waals surface area contributed by atoms with Gasteiger partial charge < -0.3 is 5.32 Å². The van der Waals surface area contributed by atoms with E-state index >= 15 is 0 Å². The average Bonchev–Trinajstić information content (AvgIpc) is 2.72. The average molecular weight is 269 g/mol. The van der Waals surface area contributed by atoms with E-state index in [1.807, 2.05) is 12.1 Å². The summed E-state index contributed by atoms with van der Waals surface area (Å²) in [5.41, 5.74) is 0.459. The van der Waals surface area contributed by atoms with E-state index < -0.39 is 5.41 Å². The number of carbonyl (C=O) groups is 1. The lowest BCUT2D eigenvalue weighted by molar-refractivity contribution is -0.118. The van der Waals surface area contributed by atoms with E-state index in [1.165, 1.54) is 0 Å². The van der Waals surface area contributed by atoms with E-state index in [-0.39, 0.29) is 5.91 Å². The minimum absolute atomic E-state index is 0.357. The van der Waals surface area contributed by atoms with Gasteiger partial charge in [0.05, 0.1) is 6.07 Å². The van der Waals surface area contributed by atoms with Crippen molar-refractivity contribution < 1.29 is 4.79 Å². The number of para-hydroxylation sites is 1. The number of benzene rings is 2. The fourth-order valence-electron chi connectivity index (χ4n) is 2.46. The predicted molar refractivity (Wildman–Crippen MR) is 72.9 cm³/mol. The van der Waals surface area contributed by atoms with Crippen LogP contribution < -0.4 is 5.32 Å². The van der Waals surface area contributed by atoms with Crippen molar-refractivity contribution in [1.29, 1.82) is 5.26 Å². The third-order valence-electron chi connectivity index (χ3n) is 3.37. The molecular formula is C15H9ClN2O. The number of anilines is 1. The first-order valence-corrected chi connectivity index (χ1v) is 6.15. The van der Waals surface area contributed by atoms with E-state index in [1.54, 1.807) is 36.4 Å². The zero-order chi connectivity index (χ0) is 13.5. The Morgan fingerprint density at radius 2 is 1.68 bits per heavy atom. The minimum atomic E-state index is -1.37. The number of amides is 1. The largest absolute Gasteiger partial charge is 0.324 e. The molecule has 1 atom stereocenters. The second-order valence-electron chi connectivity index (χ2n) is 4.34. The lowest BCUT2D eigenvalue weighted by Crippen LogP contribution is -2.34. The molecule has 2 aromatic rings. The van der Waals surface area contributed by atoms with Gasteiger partial charge in [-0.25, -0.2) is 0 Å². The summed E-state index contributed by atoms with van der Waals surface area (Å²) in [4.78, 5) is 12.3. The van der Waals surface area contributed by atoms with Crippen LogP contribution in [0.4, 0.5) is 5.69 Å². The molecule has 0 fully saturated rings. The van der Waals surface area contributed by atoms with Gasteiger partial charge in [-0.05, 0) is 12.1 Å². The highest BCUT2D eigenvalue weighted by Gasteiger charge is 2.49. The number of carbonyl (C=O) groups excluding carboxylic acids is 1. The van der Waals surface area contributed by atoms with Crippen LogP contribution in [0.2, 0.25) is 5.02 Å². The highest BCUT2D eigenvalue weighted by atomic mass is 35.5. The first-order valence-electron chi connectivity index (χ1n) is 5.77. The molecule has 0 bridgehead atoms. The summed E-state index contributed by atoms with van der Waals surface area (Å²) in [6.07, 6.45) is 0. The molecule has 4 heteroatoms. The predicted octanol–water partition coefficient (Wildman–Crippen LogP) is 3.10. The minimum Gasteiger partial charge on any atom is -0.324 e. The molecule has 0 saturated carbocycles. The Hall–Kier alpha value is -2.31. The van der Waals surface area contributed by atoms with Crippen LogP contribution in [0.15, 0.2) is 48.5 Å². The molecule has 0 spiro atoms. The molecule has 1 aliphatic heterocycles. The van der Waals surface area contributed by atoms with Gasteiger partial charge in [-0.15, -0.1) is 0 Å². The Morgan fingerprint density at radius 3 is 2.37 bits per heavy atom. The van der Waals surface area contributed by atoms with Crippen molar-refractivity contribution in [3.8, 4) is 6.07 Å². The number of nitrogens with zero attached hydrogens (tertiary/aromatic N) is 1. The maximum atomic E-state index is 12.3. The second-order valence-corrected chi connectivity index (χ2v) is 4.75. The van der Waals surface area contributed by atoms with Gasteiger partial charge >= 0.3 is 0 Å². The molecule has 1 amide bonds. The summed E-state index contributed by atoms with van der Waals surface area (Å²) < 4.78 is 0. The molecule has 0 unspecified atom stereocenters. The van der Waals surface area contributed by atoms with Crippen LogP contribution in [0.5, 0.6) is 0 Å². The fourth-order valence-corrected chi connectivity index (χ4v) is 2.74. The number of nitrogens with one attached hydrogen (secondary N) is 1. The highest BCUT2D eigenvalue weighted by Crippen LogP contribution is 2.44. The number of hydrogen-bond acceptors (Lipinski definition) is 2. The Bertz CT molecular complexity index is 720. The Labute approximate surface area is 115 Å². The zero-order valence-electron chi connectivity index (χ0n) is 9.85. The van der Waals surface area contributed by atoms with Gasteiger partial charge in [-0.1, -0.05) is 48.0 Å². The van der Waals surface area contributed by atoms with Crippen LogP contribution >= 0.6 is 11.6 Å². The molecule has 0 aromatic heterocycles. The van der Waals surface area contributed by atoms with Crippen LogP contribution in [0.1, 0.15) is 11.1 Å². The van der Waals surface area contributed by atoms with Crippen molar-refractivity contribution >= 4 is 23.2 Å². The number of rotatable bonds is 1. The maximum absolute atomic E-state index is 12.3. The van der Waals surface area contributed by atoms with Gasteiger partial charge in [0.25, 0.3) is 5.91 Å². The van der Waals surface area contributed by atoms with Gasteiger partial charge in [0, 0.05) is 21.8 Å². The van der Waals surface area contributed by atoms with E-state index in [4.69, 9.17) is 11.6 Å². The molecule has 3 rings (SSSR count). The third-order valence-corrected chi connectivity index (χ3v) is 3.70. The summed E-state index contributed by atoms with van der Waals surface area (Å²) in [6.45, 7) is 0. The Kier molecular flexibility index (Phi) is 2.55. The quantitative estimate of drug-likeness (QED) is 0.864. The van der Waals surface area contributed by atoms with Gasteiger partial charge in [0.15, 0.2) is 5.41 Å². The summed E-state index contributed by atoms with van der Waals surface area (Å²) in [7, 11) is 0. The van der Waals surface area contributed by atoms with Crippen molar-refractivity contribution in [2.75, 3.05) is 5.32 Å². The molecule has 0 radical (unpaired) electrons. The van der Waals surface area contributed by atoms with Crippen LogP contribution in [-0.2, 0) is 10.2 Å². The first kappa shape index (κ1) is 11.8. The molecule has 1 aliphatic rings. The van der Waals surface area contributed by atoms with Gasteiger partial charge in [-0.2, -0.15) is 5.26 Å². The Balaban J connectivity index is 2.35. The van der Waals surface area contributed by atoms with Gasteiger partial charge in [0.2, 0.25) is 0 Å². The van der Waals surface area contributed by atoms with Crippen molar-refractivity contribution in [3.63, 3.8) is 0 Å². The molecule has 0 saturated heterocycles. The number of fused-ring (bicyclic) bond motifs is 1. The summed E-state index contributed by atoms with van der Waals surface area (Å²) in [5, 5.41) is 12.8. The summed E-state index contributed by atoms with van der Waals surface area (Å²) in [6, 6.07) is 16.3. The lowest BCUT2D eigenvalue weighted by Gasteiger charge is -2.20. The standard InChI is InChI=1S/C15H9ClN2O/c16-12-7-3-1-5-10(12)15(9-17)11-6-2-4-8-13(11)18-14(15)19/h1-8H,(H,18,19)/t15-/m0/s1. The van der Waals surface area contributed by atoms with Crippen molar-refractivity contribution in [2.45, 2.75) is 5.41 Å². The topological polar surface area (TPSA) is 52.9 Å². The molecule has 92 valence electrons. The molecule has 19 heavy (non-hydrogen) atoms. The smallest absolute Gasteiger partial charge is 0.254 e. The molecule has 2 aromatic carbocycles. The second kappa shape index (κ2) is 4.11. The molecule has 3 nitrogen and oxygen atoms in total.